The molecule has 1 rings (SSSR count). The van der Waals surface area contributed by atoms with Gasteiger partial charge in [-0.2, -0.15) is 0 Å². The van der Waals surface area contributed by atoms with E-state index in [0.717, 1.165) is 19.4 Å². The summed E-state index contributed by atoms with van der Waals surface area (Å²) < 4.78 is 23.9. The minimum Gasteiger partial charge on any atom is -0.329 e. The van der Waals surface area contributed by atoms with Crippen molar-refractivity contribution in [2.24, 2.45) is 11.7 Å². The van der Waals surface area contributed by atoms with Crippen LogP contribution < -0.4 is 5.73 Å². The van der Waals surface area contributed by atoms with Gasteiger partial charge in [0.2, 0.25) is 0 Å². The average molecular weight is 276 g/mol. The second kappa shape index (κ2) is 5.88. The molecule has 0 bridgehead atoms. The summed E-state index contributed by atoms with van der Waals surface area (Å²) in [4.78, 5) is 2.31. The van der Waals surface area contributed by atoms with E-state index in [4.69, 9.17) is 5.73 Å². The van der Waals surface area contributed by atoms with Crippen molar-refractivity contribution in [1.82, 2.24) is 4.90 Å². The van der Waals surface area contributed by atoms with Crippen LogP contribution in [0.3, 0.4) is 0 Å². The zero-order chi connectivity index (χ0) is 14.0. The highest BCUT2D eigenvalue weighted by Crippen LogP contribution is 2.30. The zero-order valence-electron chi connectivity index (χ0n) is 12.1. The summed E-state index contributed by atoms with van der Waals surface area (Å²) in [5.74, 6) is 1.06. The summed E-state index contributed by atoms with van der Waals surface area (Å²) in [6, 6.07) is 0.323. The Morgan fingerprint density at radius 2 is 1.89 bits per heavy atom. The van der Waals surface area contributed by atoms with Crippen molar-refractivity contribution in [2.75, 3.05) is 24.6 Å². The summed E-state index contributed by atoms with van der Waals surface area (Å²) in [5, 5.41) is 0. The normalized spacial score (nSPS) is 28.2. The highest BCUT2D eigenvalue weighted by molar-refractivity contribution is 7.91. The third-order valence-corrected chi connectivity index (χ3v) is 5.65. The highest BCUT2D eigenvalue weighted by atomic mass is 32.2. The van der Waals surface area contributed by atoms with Gasteiger partial charge in [-0.05, 0) is 32.6 Å². The zero-order valence-corrected chi connectivity index (χ0v) is 13.0. The lowest BCUT2D eigenvalue weighted by atomic mass is 9.90. The fraction of sp³-hybridized carbons (Fsp3) is 1.00. The van der Waals surface area contributed by atoms with E-state index in [1.807, 2.05) is 0 Å². The summed E-state index contributed by atoms with van der Waals surface area (Å²) in [6.45, 7) is 9.91. The van der Waals surface area contributed by atoms with Crippen LogP contribution in [0.25, 0.3) is 0 Å². The monoisotopic (exact) mass is 276 g/mol. The van der Waals surface area contributed by atoms with Crippen LogP contribution in [-0.2, 0) is 9.84 Å². The first-order valence-corrected chi connectivity index (χ1v) is 8.72. The molecule has 1 aliphatic rings. The lowest BCUT2D eigenvalue weighted by molar-refractivity contribution is 0.0552. The smallest absolute Gasteiger partial charge is 0.152 e. The van der Waals surface area contributed by atoms with Crippen molar-refractivity contribution in [2.45, 2.75) is 52.1 Å². The van der Waals surface area contributed by atoms with Gasteiger partial charge < -0.3 is 5.73 Å². The number of nitrogens with two attached hydrogens (primary N) is 1. The van der Waals surface area contributed by atoms with E-state index in [1.54, 1.807) is 0 Å². The number of hydrogen-bond donors (Lipinski definition) is 1. The Morgan fingerprint density at radius 3 is 2.28 bits per heavy atom. The average Bonchev–Trinajstić information content (AvgIpc) is 2.23. The molecule has 1 aliphatic heterocycles. The summed E-state index contributed by atoms with van der Waals surface area (Å²) >= 11 is 0. The minimum absolute atomic E-state index is 0.224. The van der Waals surface area contributed by atoms with Crippen molar-refractivity contribution in [3.8, 4) is 0 Å². The maximum absolute atomic E-state index is 12.0. The van der Waals surface area contributed by atoms with E-state index in [2.05, 4.69) is 32.6 Å². The van der Waals surface area contributed by atoms with Gasteiger partial charge in [-0.25, -0.2) is 8.42 Å². The quantitative estimate of drug-likeness (QED) is 0.821. The van der Waals surface area contributed by atoms with Crippen molar-refractivity contribution in [3.05, 3.63) is 0 Å². The first-order valence-electron chi connectivity index (χ1n) is 6.90. The van der Waals surface area contributed by atoms with Crippen LogP contribution in [0.5, 0.6) is 0 Å². The van der Waals surface area contributed by atoms with Crippen LogP contribution in [0.4, 0.5) is 0 Å². The van der Waals surface area contributed by atoms with E-state index >= 15 is 0 Å². The highest BCUT2D eigenvalue weighted by Gasteiger charge is 2.43. The minimum atomic E-state index is -2.94. The van der Waals surface area contributed by atoms with Gasteiger partial charge in [0.15, 0.2) is 9.84 Å². The van der Waals surface area contributed by atoms with Crippen LogP contribution in [0.15, 0.2) is 0 Å². The number of sulfone groups is 1. The predicted octanol–water partition coefficient (Wildman–Crippen LogP) is 1.26. The Bertz CT molecular complexity index is 365. The maximum Gasteiger partial charge on any atom is 0.152 e. The van der Waals surface area contributed by atoms with Gasteiger partial charge in [0.1, 0.15) is 0 Å². The van der Waals surface area contributed by atoms with Crippen LogP contribution in [0.2, 0.25) is 0 Å². The van der Waals surface area contributed by atoms with Crippen LogP contribution in [-0.4, -0.2) is 49.5 Å². The van der Waals surface area contributed by atoms with Crippen LogP contribution >= 0.6 is 0 Å². The molecule has 0 aliphatic carbocycles. The Labute approximate surface area is 112 Å². The molecule has 0 aromatic rings. The standard InChI is InChI=1S/C13H28N2O2S/c1-11(2)8-15(12(3)4)13(9-14)6-5-7-18(16,17)10-13/h11-12H,5-10,14H2,1-4H3. The SMILES string of the molecule is CC(C)CN(C(C)C)C1(CN)CCCS(=O)(=O)C1. The third kappa shape index (κ3) is 3.68. The number of nitrogens with zero attached hydrogens (tertiary/aromatic N) is 1. The van der Waals surface area contributed by atoms with E-state index in [0.29, 0.717) is 24.3 Å². The van der Waals surface area contributed by atoms with E-state index < -0.39 is 9.84 Å². The summed E-state index contributed by atoms with van der Waals surface area (Å²) in [6.07, 6.45) is 1.63. The van der Waals surface area contributed by atoms with Gasteiger partial charge >= 0.3 is 0 Å². The second-order valence-electron chi connectivity index (χ2n) is 6.26. The molecular formula is C13H28N2O2S. The molecule has 1 atom stereocenters. The topological polar surface area (TPSA) is 63.4 Å². The van der Waals surface area contributed by atoms with E-state index in [1.165, 1.54) is 0 Å². The van der Waals surface area contributed by atoms with E-state index in [9.17, 15) is 8.42 Å². The maximum atomic E-state index is 12.0. The number of rotatable bonds is 5. The number of hydrogen-bond acceptors (Lipinski definition) is 4. The largest absolute Gasteiger partial charge is 0.329 e. The Morgan fingerprint density at radius 1 is 1.28 bits per heavy atom. The third-order valence-electron chi connectivity index (χ3n) is 3.76. The Hall–Kier alpha value is -0.130. The van der Waals surface area contributed by atoms with Crippen molar-refractivity contribution in [1.29, 1.82) is 0 Å². The summed E-state index contributed by atoms with van der Waals surface area (Å²) in [7, 11) is -2.94. The molecule has 5 heteroatoms. The Kier molecular flexibility index (Phi) is 5.21. The molecular weight excluding hydrogens is 248 g/mol. The van der Waals surface area contributed by atoms with Gasteiger partial charge in [0.05, 0.1) is 11.5 Å². The molecule has 1 unspecified atom stereocenters. The lowest BCUT2D eigenvalue weighted by Crippen LogP contribution is -2.62. The molecule has 1 saturated heterocycles. The van der Waals surface area contributed by atoms with Crippen LogP contribution in [0, 0.1) is 5.92 Å². The fourth-order valence-electron chi connectivity index (χ4n) is 3.03. The molecule has 1 fully saturated rings. The first kappa shape index (κ1) is 15.9. The molecule has 0 amide bonds. The van der Waals surface area contributed by atoms with Crippen molar-refractivity contribution >= 4 is 9.84 Å². The predicted molar refractivity (Wildman–Crippen MR) is 76.4 cm³/mol. The van der Waals surface area contributed by atoms with E-state index in [-0.39, 0.29) is 11.3 Å². The molecule has 0 saturated carbocycles. The molecule has 0 spiro atoms. The molecule has 0 aromatic carbocycles. The molecule has 18 heavy (non-hydrogen) atoms. The molecule has 0 radical (unpaired) electrons. The second-order valence-corrected chi connectivity index (χ2v) is 8.45. The molecule has 0 aromatic heterocycles. The van der Waals surface area contributed by atoms with Crippen molar-refractivity contribution < 1.29 is 8.42 Å². The summed E-state index contributed by atoms with van der Waals surface area (Å²) in [5.41, 5.74) is 5.62. The van der Waals surface area contributed by atoms with Gasteiger partial charge in [-0.15, -0.1) is 0 Å². The first-order chi connectivity index (χ1) is 8.22. The molecule has 108 valence electrons. The van der Waals surface area contributed by atoms with Gasteiger partial charge in [-0.1, -0.05) is 13.8 Å². The lowest BCUT2D eigenvalue weighted by Gasteiger charge is -2.48. The molecule has 2 N–H and O–H groups in total. The Balaban J connectivity index is 3.02. The van der Waals surface area contributed by atoms with Crippen LogP contribution in [0.1, 0.15) is 40.5 Å². The molecule has 1 heterocycles. The van der Waals surface area contributed by atoms with Gasteiger partial charge in [0.25, 0.3) is 0 Å². The van der Waals surface area contributed by atoms with Gasteiger partial charge in [0, 0.05) is 24.7 Å². The fourth-order valence-corrected chi connectivity index (χ4v) is 5.00. The van der Waals surface area contributed by atoms with Crippen molar-refractivity contribution in [3.63, 3.8) is 0 Å². The van der Waals surface area contributed by atoms with Gasteiger partial charge in [-0.3, -0.25) is 4.90 Å². The molecule has 4 nitrogen and oxygen atoms in total.